The van der Waals surface area contributed by atoms with Crippen LogP contribution in [-0.2, 0) is 18.0 Å². The zero-order chi connectivity index (χ0) is 24.1. The van der Waals surface area contributed by atoms with Crippen LogP contribution in [-0.4, -0.2) is 63.7 Å². The third-order valence-electron chi connectivity index (χ3n) is 6.78. The van der Waals surface area contributed by atoms with Crippen LogP contribution < -0.4 is 5.32 Å². The molecule has 10 heteroatoms. The Hall–Kier alpha value is -2.20. The molecule has 2 aliphatic heterocycles. The molecule has 1 saturated carbocycles. The lowest BCUT2D eigenvalue weighted by Gasteiger charge is -2.28. The average molecular weight is 453 g/mol. The van der Waals surface area contributed by atoms with Crippen molar-refractivity contribution in [3.05, 3.63) is 24.0 Å². The molecule has 5 rings (SSSR count). The van der Waals surface area contributed by atoms with Crippen LogP contribution in [0.2, 0.25) is 0 Å². The highest BCUT2D eigenvalue weighted by atomic mass is 19.4. The van der Waals surface area contributed by atoms with Crippen molar-refractivity contribution in [2.75, 3.05) is 38.1 Å². The number of hydrogen-bond acceptors (Lipinski definition) is 6. The van der Waals surface area contributed by atoms with Crippen molar-refractivity contribution in [1.29, 1.82) is 0 Å². The molecular weight excluding hydrogens is 421 g/mol. The molecule has 0 radical (unpaired) electrons. The summed E-state index contributed by atoms with van der Waals surface area (Å²) in [7, 11) is 1.69. The van der Waals surface area contributed by atoms with Crippen LogP contribution in [0, 0.1) is 17.8 Å². The van der Waals surface area contributed by atoms with E-state index in [4.69, 9.17) is 7.48 Å². The van der Waals surface area contributed by atoms with Crippen molar-refractivity contribution in [3.8, 4) is 11.3 Å². The maximum absolute atomic E-state index is 13.8. The smallest absolute Gasteiger partial charge is 0.381 e. The minimum atomic E-state index is -4.57. The van der Waals surface area contributed by atoms with E-state index in [1.807, 2.05) is 4.90 Å². The van der Waals surface area contributed by atoms with Gasteiger partial charge >= 0.3 is 6.18 Å². The Morgan fingerprint density at radius 3 is 2.53 bits per heavy atom. The van der Waals surface area contributed by atoms with Crippen molar-refractivity contribution in [1.82, 2.24) is 24.9 Å². The van der Waals surface area contributed by atoms with E-state index < -0.39 is 18.2 Å². The minimum Gasteiger partial charge on any atom is -0.381 e. The van der Waals surface area contributed by atoms with Gasteiger partial charge in [-0.2, -0.15) is 18.3 Å². The van der Waals surface area contributed by atoms with Gasteiger partial charge in [0.1, 0.15) is 5.56 Å². The van der Waals surface area contributed by atoms with Gasteiger partial charge < -0.3 is 15.0 Å². The summed E-state index contributed by atoms with van der Waals surface area (Å²) >= 11 is 0. The standard InChI is InChI=1S/C22H29F3N6O/c1-30-11-17(9-26-30)20-8-19(22(23,24)25)21(29-28-20)27-18-6-15-12-31(13-16(15)7-18)10-14-2-4-32-5-3-14/h8-9,11,14-16,18H,2-7,10,12-13H2,1H3,(H,27,29)/i10D2. The summed E-state index contributed by atoms with van der Waals surface area (Å²) in [6.07, 6.45) is 1.30. The molecule has 7 nitrogen and oxygen atoms in total. The second-order valence-corrected chi connectivity index (χ2v) is 9.15. The third kappa shape index (κ3) is 4.61. The first-order valence-electron chi connectivity index (χ1n) is 12.1. The van der Waals surface area contributed by atoms with Gasteiger partial charge in [-0.15, -0.1) is 10.2 Å². The molecule has 1 N–H and O–H groups in total. The number of fused-ring (bicyclic) bond motifs is 1. The summed E-state index contributed by atoms with van der Waals surface area (Å²) in [4.78, 5) is 1.94. The molecule has 2 aromatic rings. The molecule has 32 heavy (non-hydrogen) atoms. The van der Waals surface area contributed by atoms with E-state index in [0.717, 1.165) is 18.9 Å². The zero-order valence-electron chi connectivity index (χ0n) is 20.0. The lowest BCUT2D eigenvalue weighted by Crippen LogP contribution is -2.32. The van der Waals surface area contributed by atoms with Crippen LogP contribution >= 0.6 is 0 Å². The maximum Gasteiger partial charge on any atom is 0.420 e. The number of likely N-dealkylation sites (tertiary alicyclic amines) is 1. The van der Waals surface area contributed by atoms with E-state index in [2.05, 4.69) is 20.6 Å². The van der Waals surface area contributed by atoms with Crippen LogP contribution in [0.1, 0.15) is 34.0 Å². The Kier molecular flexibility index (Phi) is 5.20. The first-order chi connectivity index (χ1) is 16.1. The number of nitrogens with one attached hydrogen (secondary N) is 1. The minimum absolute atomic E-state index is 0.0445. The third-order valence-corrected chi connectivity index (χ3v) is 6.78. The van der Waals surface area contributed by atoms with Crippen molar-refractivity contribution in [2.24, 2.45) is 24.8 Å². The normalized spacial score (nSPS) is 28.4. The fraction of sp³-hybridized carbons (Fsp3) is 0.682. The summed E-state index contributed by atoms with van der Waals surface area (Å²) < 4.78 is 65.7. The molecule has 0 amide bonds. The van der Waals surface area contributed by atoms with Crippen LogP contribution in [0.15, 0.2) is 18.5 Å². The predicted octanol–water partition coefficient (Wildman–Crippen LogP) is 3.44. The van der Waals surface area contributed by atoms with E-state index in [-0.39, 0.29) is 35.3 Å². The molecule has 0 bridgehead atoms. The van der Waals surface area contributed by atoms with E-state index >= 15 is 0 Å². The quantitative estimate of drug-likeness (QED) is 0.750. The summed E-state index contributed by atoms with van der Waals surface area (Å²) in [5, 5.41) is 14.9. The molecular formula is C22H29F3N6O. The lowest BCUT2D eigenvalue weighted by atomic mass is 10.00. The van der Waals surface area contributed by atoms with Crippen LogP contribution in [0.25, 0.3) is 11.3 Å². The van der Waals surface area contributed by atoms with Crippen molar-refractivity contribution in [3.63, 3.8) is 0 Å². The van der Waals surface area contributed by atoms with Gasteiger partial charge in [0.25, 0.3) is 0 Å². The zero-order valence-corrected chi connectivity index (χ0v) is 18.0. The highest BCUT2D eigenvalue weighted by Crippen LogP contribution is 2.41. The SMILES string of the molecule is [2H]C([2H])(C1CCOCC1)N1CC2CC(Nc3nnc(-c4cnn(C)c4)cc3C(F)(F)F)CC2C1. The number of rotatable bonds is 5. The Morgan fingerprint density at radius 2 is 1.91 bits per heavy atom. The fourth-order valence-electron chi connectivity index (χ4n) is 5.21. The van der Waals surface area contributed by atoms with Gasteiger partial charge in [-0.3, -0.25) is 4.68 Å². The highest BCUT2D eigenvalue weighted by Gasteiger charge is 2.42. The second-order valence-electron chi connectivity index (χ2n) is 9.15. The number of halogens is 3. The first kappa shape index (κ1) is 19.3. The van der Waals surface area contributed by atoms with Crippen molar-refractivity contribution >= 4 is 5.82 Å². The summed E-state index contributed by atoms with van der Waals surface area (Å²) in [5.41, 5.74) is -0.238. The predicted molar refractivity (Wildman–Crippen MR) is 113 cm³/mol. The van der Waals surface area contributed by atoms with Gasteiger partial charge in [-0.1, -0.05) is 0 Å². The fourth-order valence-corrected chi connectivity index (χ4v) is 5.21. The molecule has 2 aromatic heterocycles. The monoisotopic (exact) mass is 452 g/mol. The van der Waals surface area contributed by atoms with Gasteiger partial charge in [0.2, 0.25) is 0 Å². The Morgan fingerprint density at radius 1 is 1.19 bits per heavy atom. The molecule has 3 fully saturated rings. The Bertz CT molecular complexity index is 1010. The van der Waals surface area contributed by atoms with Crippen LogP contribution in [0.3, 0.4) is 0 Å². The molecule has 1 aliphatic carbocycles. The van der Waals surface area contributed by atoms with Crippen LogP contribution in [0.5, 0.6) is 0 Å². The molecule has 2 saturated heterocycles. The number of alkyl halides is 3. The number of aromatic nitrogens is 4. The number of nitrogens with zero attached hydrogens (tertiary/aromatic N) is 5. The maximum atomic E-state index is 13.8. The van der Waals surface area contributed by atoms with Crippen LogP contribution in [0.4, 0.5) is 19.0 Å². The van der Waals surface area contributed by atoms with E-state index in [1.165, 1.54) is 10.9 Å². The number of aryl methyl sites for hydroxylation is 1. The summed E-state index contributed by atoms with van der Waals surface area (Å²) in [6, 6.07) is 0.873. The van der Waals surface area contributed by atoms with E-state index in [1.54, 1.807) is 13.2 Å². The molecule has 2 unspecified atom stereocenters. The molecule has 2 atom stereocenters. The van der Waals surface area contributed by atoms with Gasteiger partial charge in [0.05, 0.1) is 11.9 Å². The van der Waals surface area contributed by atoms with Crippen molar-refractivity contribution < 1.29 is 20.6 Å². The molecule has 3 aliphatic rings. The first-order valence-corrected chi connectivity index (χ1v) is 11.1. The summed E-state index contributed by atoms with van der Waals surface area (Å²) in [5.74, 6) is 0.213. The lowest BCUT2D eigenvalue weighted by molar-refractivity contribution is -0.137. The number of ether oxygens (including phenoxy) is 1. The highest BCUT2D eigenvalue weighted by molar-refractivity contribution is 5.61. The topological polar surface area (TPSA) is 68.1 Å². The van der Waals surface area contributed by atoms with Gasteiger partial charge in [-0.05, 0) is 49.5 Å². The van der Waals surface area contributed by atoms with Crippen molar-refractivity contribution in [2.45, 2.75) is 37.9 Å². The number of anilines is 1. The molecule has 0 spiro atoms. The van der Waals surface area contributed by atoms with Gasteiger partial charge in [-0.25, -0.2) is 0 Å². The average Bonchev–Trinajstić information content (AvgIpc) is 3.49. The van der Waals surface area contributed by atoms with E-state index in [9.17, 15) is 13.2 Å². The second kappa shape index (κ2) is 8.62. The molecule has 174 valence electrons. The Labute approximate surface area is 188 Å². The largest absolute Gasteiger partial charge is 0.420 e. The molecule has 4 heterocycles. The summed E-state index contributed by atoms with van der Waals surface area (Å²) in [6.45, 7) is 1.07. The van der Waals surface area contributed by atoms with Gasteiger partial charge in [0, 0.05) is 60.4 Å². The van der Waals surface area contributed by atoms with E-state index in [0.29, 0.717) is 44.7 Å². The Balaban J connectivity index is 1.26. The number of hydrogen-bond donors (Lipinski definition) is 1. The van der Waals surface area contributed by atoms with Gasteiger partial charge in [0.15, 0.2) is 5.82 Å². The molecule has 0 aromatic carbocycles.